The highest BCUT2D eigenvalue weighted by molar-refractivity contribution is 5.89. The van der Waals surface area contributed by atoms with Crippen LogP contribution in [0.3, 0.4) is 0 Å². The minimum absolute atomic E-state index is 0.0999. The van der Waals surface area contributed by atoms with Crippen molar-refractivity contribution in [3.63, 3.8) is 0 Å². The van der Waals surface area contributed by atoms with Gasteiger partial charge in [0.25, 0.3) is 0 Å². The topological polar surface area (TPSA) is 26.3 Å². The molecular weight excluding hydrogens is 296 g/mol. The first-order valence-electron chi connectivity index (χ1n) is 9.02. The van der Waals surface area contributed by atoms with Crippen molar-refractivity contribution in [3.8, 4) is 0 Å². The zero-order valence-electron chi connectivity index (χ0n) is 15.0. The van der Waals surface area contributed by atoms with Crippen molar-refractivity contribution in [2.45, 2.75) is 52.6 Å². The second-order valence-electron chi connectivity index (χ2n) is 7.84. The zero-order valence-corrected chi connectivity index (χ0v) is 15.0. The van der Waals surface area contributed by atoms with Crippen LogP contribution in [-0.2, 0) is 4.74 Å². The third kappa shape index (κ3) is 3.19. The largest absolute Gasteiger partial charge is 0.455 e. The minimum Gasteiger partial charge on any atom is -0.455 e. The van der Waals surface area contributed by atoms with Gasteiger partial charge in [-0.15, -0.1) is 0 Å². The fourth-order valence-electron chi connectivity index (χ4n) is 4.34. The minimum atomic E-state index is -0.219. The molecule has 0 saturated heterocycles. The number of carbonyl (C=O) groups excluding carboxylic acids is 1. The summed E-state index contributed by atoms with van der Waals surface area (Å²) in [5, 5.41) is 0. The highest BCUT2D eigenvalue weighted by atomic mass is 16.5. The third-order valence-electron chi connectivity index (χ3n) is 6.19. The van der Waals surface area contributed by atoms with Crippen molar-refractivity contribution < 1.29 is 9.53 Å². The van der Waals surface area contributed by atoms with Crippen molar-refractivity contribution >= 4 is 5.97 Å². The Bertz CT molecular complexity index is 658. The van der Waals surface area contributed by atoms with Gasteiger partial charge >= 0.3 is 5.97 Å². The fraction of sp³-hybridized carbons (Fsp3) is 0.500. The van der Waals surface area contributed by atoms with E-state index in [0.29, 0.717) is 17.4 Å². The number of fused-ring (bicyclic) bond motifs is 1. The number of carbonyl (C=O) groups is 1. The summed E-state index contributed by atoms with van der Waals surface area (Å²) in [6.07, 6.45) is 6.48. The van der Waals surface area contributed by atoms with E-state index in [4.69, 9.17) is 4.74 Å². The van der Waals surface area contributed by atoms with E-state index in [-0.39, 0.29) is 17.5 Å². The van der Waals surface area contributed by atoms with Gasteiger partial charge in [-0.25, -0.2) is 4.79 Å². The SMILES string of the molecule is C=C(C)[C@@H]1CCC2=CC(OC(=O)c3ccccc3)C[C@@H](C)[C@]2(C)C1. The molecule has 0 amide bonds. The van der Waals surface area contributed by atoms with Gasteiger partial charge < -0.3 is 4.74 Å². The maximum absolute atomic E-state index is 12.3. The Morgan fingerprint density at radius 1 is 1.29 bits per heavy atom. The molecule has 0 heterocycles. The molecule has 2 nitrogen and oxygen atoms in total. The number of allylic oxidation sites excluding steroid dienone is 2. The van der Waals surface area contributed by atoms with Gasteiger partial charge in [0.2, 0.25) is 0 Å². The standard InChI is InChI=1S/C22H28O2/c1-15(2)18-10-11-19-13-20(12-16(3)22(19,4)14-18)24-21(23)17-8-6-5-7-9-17/h5-9,13,16,18,20H,1,10-12,14H2,2-4H3/t16-,18-,20?,22+/m1/s1. The summed E-state index contributed by atoms with van der Waals surface area (Å²) in [4.78, 5) is 12.3. The lowest BCUT2D eigenvalue weighted by atomic mass is 9.57. The van der Waals surface area contributed by atoms with Gasteiger partial charge in [0.1, 0.15) is 6.10 Å². The summed E-state index contributed by atoms with van der Waals surface area (Å²) in [5.41, 5.74) is 3.63. The number of hydrogen-bond donors (Lipinski definition) is 0. The summed E-state index contributed by atoms with van der Waals surface area (Å²) in [7, 11) is 0. The Morgan fingerprint density at radius 2 is 2.00 bits per heavy atom. The lowest BCUT2D eigenvalue weighted by Gasteiger charge is -2.48. The number of esters is 1. The van der Waals surface area contributed by atoms with Crippen LogP contribution < -0.4 is 0 Å². The second-order valence-corrected chi connectivity index (χ2v) is 7.84. The molecule has 0 radical (unpaired) electrons. The highest BCUT2D eigenvalue weighted by Gasteiger charge is 2.44. The number of hydrogen-bond acceptors (Lipinski definition) is 2. The van der Waals surface area contributed by atoms with Crippen molar-refractivity contribution in [2.24, 2.45) is 17.3 Å². The molecule has 0 aromatic heterocycles. The maximum atomic E-state index is 12.3. The van der Waals surface area contributed by atoms with E-state index in [1.807, 2.05) is 30.3 Å². The molecule has 2 aliphatic carbocycles. The van der Waals surface area contributed by atoms with Crippen molar-refractivity contribution in [1.29, 1.82) is 0 Å². The summed E-state index contributed by atoms with van der Waals surface area (Å²) in [5.74, 6) is 0.912. The Balaban J connectivity index is 1.76. The predicted molar refractivity (Wildman–Crippen MR) is 97.8 cm³/mol. The van der Waals surface area contributed by atoms with Crippen LogP contribution in [0.2, 0.25) is 0 Å². The normalized spacial score (nSPS) is 32.5. The average molecular weight is 324 g/mol. The monoisotopic (exact) mass is 324 g/mol. The van der Waals surface area contributed by atoms with Crippen LogP contribution in [0, 0.1) is 17.3 Å². The zero-order chi connectivity index (χ0) is 17.3. The Morgan fingerprint density at radius 3 is 2.67 bits per heavy atom. The van der Waals surface area contributed by atoms with Crippen molar-refractivity contribution in [3.05, 3.63) is 59.7 Å². The van der Waals surface area contributed by atoms with E-state index < -0.39 is 0 Å². The molecular formula is C22H28O2. The molecule has 1 aromatic carbocycles. The van der Waals surface area contributed by atoms with Gasteiger partial charge in [-0.05, 0) is 68.1 Å². The number of rotatable bonds is 3. The third-order valence-corrected chi connectivity index (χ3v) is 6.19. The van der Waals surface area contributed by atoms with Gasteiger partial charge in [0.15, 0.2) is 0 Å². The summed E-state index contributed by atoms with van der Waals surface area (Å²) in [6, 6.07) is 9.27. The average Bonchev–Trinajstić information content (AvgIpc) is 2.56. The Kier molecular flexibility index (Phi) is 4.67. The molecule has 1 saturated carbocycles. The lowest BCUT2D eigenvalue weighted by Crippen LogP contribution is -2.40. The molecule has 128 valence electrons. The molecule has 0 spiro atoms. The van der Waals surface area contributed by atoms with Gasteiger partial charge in [-0.3, -0.25) is 0 Å². The maximum Gasteiger partial charge on any atom is 0.338 e. The van der Waals surface area contributed by atoms with Gasteiger partial charge in [-0.2, -0.15) is 0 Å². The van der Waals surface area contributed by atoms with E-state index in [2.05, 4.69) is 33.4 Å². The molecule has 1 unspecified atom stereocenters. The van der Waals surface area contributed by atoms with E-state index >= 15 is 0 Å². The number of benzene rings is 1. The van der Waals surface area contributed by atoms with E-state index in [1.54, 1.807) is 0 Å². The van der Waals surface area contributed by atoms with Crippen LogP contribution in [0.5, 0.6) is 0 Å². The Hall–Kier alpha value is -1.83. The van der Waals surface area contributed by atoms with Gasteiger partial charge in [-0.1, -0.05) is 49.8 Å². The first kappa shape index (κ1) is 17.0. The van der Waals surface area contributed by atoms with Crippen molar-refractivity contribution in [2.75, 3.05) is 0 Å². The second kappa shape index (κ2) is 6.58. The van der Waals surface area contributed by atoms with Gasteiger partial charge in [0.05, 0.1) is 5.56 Å². The molecule has 1 aromatic rings. The quantitative estimate of drug-likeness (QED) is 0.537. The molecule has 0 aliphatic heterocycles. The van der Waals surface area contributed by atoms with Crippen LogP contribution in [0.4, 0.5) is 0 Å². The fourth-order valence-corrected chi connectivity index (χ4v) is 4.34. The van der Waals surface area contributed by atoms with Crippen LogP contribution in [0.1, 0.15) is 56.8 Å². The summed E-state index contributed by atoms with van der Waals surface area (Å²) in [6.45, 7) is 11.0. The molecule has 1 fully saturated rings. The summed E-state index contributed by atoms with van der Waals surface area (Å²) < 4.78 is 5.78. The van der Waals surface area contributed by atoms with Gasteiger partial charge in [0, 0.05) is 0 Å². The predicted octanol–water partition coefficient (Wildman–Crippen LogP) is 5.56. The van der Waals surface area contributed by atoms with Crippen LogP contribution in [0.15, 0.2) is 54.1 Å². The van der Waals surface area contributed by atoms with E-state index in [9.17, 15) is 4.79 Å². The lowest BCUT2D eigenvalue weighted by molar-refractivity contribution is 0.0224. The molecule has 0 bridgehead atoms. The molecule has 3 rings (SSSR count). The Labute approximate surface area is 145 Å². The summed E-state index contributed by atoms with van der Waals surface area (Å²) >= 11 is 0. The van der Waals surface area contributed by atoms with E-state index in [0.717, 1.165) is 12.8 Å². The first-order valence-corrected chi connectivity index (χ1v) is 9.02. The molecule has 2 heteroatoms. The molecule has 24 heavy (non-hydrogen) atoms. The molecule has 4 atom stereocenters. The molecule has 2 aliphatic rings. The smallest absolute Gasteiger partial charge is 0.338 e. The van der Waals surface area contributed by atoms with Crippen LogP contribution in [0.25, 0.3) is 0 Å². The van der Waals surface area contributed by atoms with E-state index in [1.165, 1.54) is 24.0 Å². The molecule has 0 N–H and O–H groups in total. The van der Waals surface area contributed by atoms with Crippen LogP contribution >= 0.6 is 0 Å². The number of ether oxygens (including phenoxy) is 1. The van der Waals surface area contributed by atoms with Crippen molar-refractivity contribution in [1.82, 2.24) is 0 Å². The first-order chi connectivity index (χ1) is 11.4. The van der Waals surface area contributed by atoms with Crippen LogP contribution in [-0.4, -0.2) is 12.1 Å². The highest BCUT2D eigenvalue weighted by Crippen LogP contribution is 2.53.